The lowest BCUT2D eigenvalue weighted by atomic mass is 10.1. The van der Waals surface area contributed by atoms with Crippen molar-refractivity contribution in [2.75, 3.05) is 19.7 Å². The average molecular weight is 250 g/mol. The van der Waals surface area contributed by atoms with Crippen LogP contribution in [0.4, 0.5) is 0 Å². The van der Waals surface area contributed by atoms with Crippen molar-refractivity contribution in [3.8, 4) is 5.88 Å². The molecule has 0 aliphatic carbocycles. The third-order valence-electron chi connectivity index (χ3n) is 2.51. The second-order valence-electron chi connectivity index (χ2n) is 3.84. The zero-order valence-electron chi connectivity index (χ0n) is 10.0. The van der Waals surface area contributed by atoms with Crippen molar-refractivity contribution < 1.29 is 19.1 Å². The molecular weight excluding hydrogens is 236 g/mol. The molecular formula is C12H14N2O4. The predicted octanol–water partition coefficient (Wildman–Crippen LogP) is 0.234. The van der Waals surface area contributed by atoms with Crippen LogP contribution in [0.2, 0.25) is 0 Å². The minimum atomic E-state index is -0.811. The van der Waals surface area contributed by atoms with Crippen LogP contribution < -0.4 is 4.74 Å². The highest BCUT2D eigenvalue weighted by Crippen LogP contribution is 2.15. The van der Waals surface area contributed by atoms with Gasteiger partial charge in [0.1, 0.15) is 6.10 Å². The van der Waals surface area contributed by atoms with Crippen molar-refractivity contribution in [1.82, 2.24) is 9.88 Å². The monoisotopic (exact) mass is 250 g/mol. The van der Waals surface area contributed by atoms with Crippen LogP contribution in [0.5, 0.6) is 5.88 Å². The molecule has 0 bridgehead atoms. The molecule has 1 aliphatic heterocycles. The summed E-state index contributed by atoms with van der Waals surface area (Å²) in [6.07, 6.45) is 1.52. The summed E-state index contributed by atoms with van der Waals surface area (Å²) in [4.78, 5) is 28.1. The van der Waals surface area contributed by atoms with E-state index in [1.165, 1.54) is 4.90 Å². The molecule has 0 spiro atoms. The Morgan fingerprint density at radius 1 is 1.44 bits per heavy atom. The van der Waals surface area contributed by atoms with Gasteiger partial charge >= 0.3 is 11.9 Å². The molecule has 96 valence electrons. The number of esters is 1. The van der Waals surface area contributed by atoms with Gasteiger partial charge in [-0.2, -0.15) is 0 Å². The Hall–Kier alpha value is -2.11. The van der Waals surface area contributed by atoms with Crippen LogP contribution >= 0.6 is 0 Å². The van der Waals surface area contributed by atoms with Gasteiger partial charge in [0.05, 0.1) is 19.7 Å². The molecule has 0 aromatic carbocycles. The van der Waals surface area contributed by atoms with Crippen molar-refractivity contribution in [3.63, 3.8) is 0 Å². The number of rotatable bonds is 3. The predicted molar refractivity (Wildman–Crippen MR) is 61.9 cm³/mol. The number of aromatic nitrogens is 1. The molecule has 1 fully saturated rings. The molecule has 0 saturated carbocycles. The summed E-state index contributed by atoms with van der Waals surface area (Å²) in [7, 11) is 0. The Bertz CT molecular complexity index is 429. The first-order valence-electron chi connectivity index (χ1n) is 5.74. The lowest BCUT2D eigenvalue weighted by molar-refractivity contribution is -0.164. The molecule has 2 rings (SSSR count). The second-order valence-corrected chi connectivity index (χ2v) is 3.84. The van der Waals surface area contributed by atoms with E-state index in [1.807, 2.05) is 6.07 Å². The molecule has 18 heavy (non-hydrogen) atoms. The molecule has 1 saturated heterocycles. The zero-order chi connectivity index (χ0) is 13.0. The van der Waals surface area contributed by atoms with Crippen molar-refractivity contribution in [2.24, 2.45) is 0 Å². The minimum Gasteiger partial charge on any atom is -0.471 e. The van der Waals surface area contributed by atoms with Gasteiger partial charge in [-0.05, 0) is 13.0 Å². The minimum absolute atomic E-state index is 0.113. The number of carbonyl (C=O) groups excluding carboxylic acids is 2. The molecule has 0 unspecified atom stereocenters. The van der Waals surface area contributed by atoms with Gasteiger partial charge in [-0.25, -0.2) is 9.78 Å². The summed E-state index contributed by atoms with van der Waals surface area (Å²) in [6, 6.07) is 5.36. The molecule has 1 aromatic heterocycles. The first kappa shape index (κ1) is 12.3. The lowest BCUT2D eigenvalue weighted by Gasteiger charge is -2.37. The fourth-order valence-electron chi connectivity index (χ4n) is 1.59. The highest BCUT2D eigenvalue weighted by Gasteiger charge is 2.36. The van der Waals surface area contributed by atoms with E-state index in [0.717, 1.165) is 0 Å². The summed E-state index contributed by atoms with van der Waals surface area (Å²) in [6.45, 7) is 2.63. The van der Waals surface area contributed by atoms with Crippen LogP contribution in [0, 0.1) is 0 Å². The highest BCUT2D eigenvalue weighted by atomic mass is 16.5. The Morgan fingerprint density at radius 3 is 2.83 bits per heavy atom. The van der Waals surface area contributed by atoms with E-state index in [4.69, 9.17) is 4.74 Å². The quantitative estimate of drug-likeness (QED) is 0.567. The van der Waals surface area contributed by atoms with E-state index < -0.39 is 11.9 Å². The number of hydrogen-bond acceptors (Lipinski definition) is 5. The number of carbonyl (C=O) groups is 2. The standard InChI is InChI=1S/C12H14N2O4/c1-2-17-12(16)11(15)14-7-9(8-14)18-10-5-3-4-6-13-10/h3-6,9H,2,7-8H2,1H3. The zero-order valence-corrected chi connectivity index (χ0v) is 10.0. The number of likely N-dealkylation sites (tertiary alicyclic amines) is 1. The van der Waals surface area contributed by atoms with E-state index in [9.17, 15) is 9.59 Å². The molecule has 6 heteroatoms. The van der Waals surface area contributed by atoms with Crippen LogP contribution in [-0.4, -0.2) is 47.6 Å². The normalized spacial score (nSPS) is 14.8. The van der Waals surface area contributed by atoms with Gasteiger partial charge in [0, 0.05) is 12.3 Å². The molecule has 2 heterocycles. The number of amides is 1. The van der Waals surface area contributed by atoms with Gasteiger partial charge in [-0.3, -0.25) is 4.79 Å². The van der Waals surface area contributed by atoms with Gasteiger partial charge in [-0.15, -0.1) is 0 Å². The van der Waals surface area contributed by atoms with E-state index in [1.54, 1.807) is 25.3 Å². The SMILES string of the molecule is CCOC(=O)C(=O)N1CC(Oc2ccccn2)C1. The topological polar surface area (TPSA) is 68.7 Å². The lowest BCUT2D eigenvalue weighted by Crippen LogP contribution is -2.58. The van der Waals surface area contributed by atoms with E-state index in [0.29, 0.717) is 19.0 Å². The number of pyridine rings is 1. The first-order valence-corrected chi connectivity index (χ1v) is 5.74. The maximum Gasteiger partial charge on any atom is 0.397 e. The van der Waals surface area contributed by atoms with Crippen LogP contribution in [0.25, 0.3) is 0 Å². The maximum atomic E-state index is 11.5. The Morgan fingerprint density at radius 2 is 2.22 bits per heavy atom. The van der Waals surface area contributed by atoms with Gasteiger partial charge in [0.25, 0.3) is 0 Å². The molecule has 6 nitrogen and oxygen atoms in total. The summed E-state index contributed by atoms with van der Waals surface area (Å²) < 4.78 is 10.1. The Kier molecular flexibility index (Phi) is 3.76. The van der Waals surface area contributed by atoms with Crippen LogP contribution in [0.3, 0.4) is 0 Å². The third kappa shape index (κ3) is 2.77. The molecule has 1 aliphatic rings. The Balaban J connectivity index is 1.77. The molecule has 1 aromatic rings. The number of nitrogens with zero attached hydrogens (tertiary/aromatic N) is 2. The largest absolute Gasteiger partial charge is 0.471 e. The summed E-state index contributed by atoms with van der Waals surface area (Å²) in [5.74, 6) is -0.905. The van der Waals surface area contributed by atoms with Crippen molar-refractivity contribution in [1.29, 1.82) is 0 Å². The molecule has 1 amide bonds. The fourth-order valence-corrected chi connectivity index (χ4v) is 1.59. The number of ether oxygens (including phenoxy) is 2. The Labute approximate surface area is 105 Å². The van der Waals surface area contributed by atoms with Crippen molar-refractivity contribution >= 4 is 11.9 Å². The summed E-state index contributed by atoms with van der Waals surface area (Å²) in [5, 5.41) is 0. The first-order chi connectivity index (χ1) is 8.70. The van der Waals surface area contributed by atoms with E-state index in [2.05, 4.69) is 9.72 Å². The van der Waals surface area contributed by atoms with Crippen LogP contribution in [0.1, 0.15) is 6.92 Å². The molecule has 0 atom stereocenters. The van der Waals surface area contributed by atoms with Gasteiger partial charge in [-0.1, -0.05) is 6.07 Å². The smallest absolute Gasteiger partial charge is 0.397 e. The van der Waals surface area contributed by atoms with Crippen LogP contribution in [0.15, 0.2) is 24.4 Å². The molecule has 0 radical (unpaired) electrons. The summed E-state index contributed by atoms with van der Waals surface area (Å²) >= 11 is 0. The van der Waals surface area contributed by atoms with E-state index >= 15 is 0 Å². The fraction of sp³-hybridized carbons (Fsp3) is 0.417. The van der Waals surface area contributed by atoms with E-state index in [-0.39, 0.29) is 12.7 Å². The maximum absolute atomic E-state index is 11.5. The number of hydrogen-bond donors (Lipinski definition) is 0. The van der Waals surface area contributed by atoms with Gasteiger partial charge in [0.15, 0.2) is 0 Å². The van der Waals surface area contributed by atoms with Crippen molar-refractivity contribution in [2.45, 2.75) is 13.0 Å². The van der Waals surface area contributed by atoms with Crippen molar-refractivity contribution in [3.05, 3.63) is 24.4 Å². The second kappa shape index (κ2) is 5.48. The van der Waals surface area contributed by atoms with Gasteiger partial charge in [0.2, 0.25) is 5.88 Å². The summed E-state index contributed by atoms with van der Waals surface area (Å²) in [5.41, 5.74) is 0. The third-order valence-corrected chi connectivity index (χ3v) is 2.51. The average Bonchev–Trinajstić information content (AvgIpc) is 2.34. The molecule has 0 N–H and O–H groups in total. The highest BCUT2D eigenvalue weighted by molar-refractivity contribution is 6.32. The van der Waals surface area contributed by atoms with Crippen LogP contribution in [-0.2, 0) is 14.3 Å². The van der Waals surface area contributed by atoms with Gasteiger partial charge < -0.3 is 14.4 Å².